The Morgan fingerprint density at radius 2 is 1.82 bits per heavy atom. The summed E-state index contributed by atoms with van der Waals surface area (Å²) >= 11 is 0. The van der Waals surface area contributed by atoms with Gasteiger partial charge in [-0.05, 0) is 11.6 Å². The smallest absolute Gasteiger partial charge is 0.363 e. The molecule has 0 atom stereocenters. The van der Waals surface area contributed by atoms with Crippen LogP contribution < -0.4 is 0 Å². The molecule has 2 rings (SSSR count). The summed E-state index contributed by atoms with van der Waals surface area (Å²) in [4.78, 5) is 15.9. The minimum Gasteiger partial charge on any atom is -0.406 e. The molecule has 0 aromatic heterocycles. The van der Waals surface area contributed by atoms with Crippen molar-refractivity contribution in [2.24, 2.45) is 10.4 Å². The second-order valence-corrected chi connectivity index (χ2v) is 5.00. The Kier molecular flexibility index (Phi) is 2.84. The Morgan fingerprint density at radius 3 is 2.35 bits per heavy atom. The van der Waals surface area contributed by atoms with Gasteiger partial charge in [0.05, 0.1) is 0 Å². The van der Waals surface area contributed by atoms with Crippen LogP contribution in [0.3, 0.4) is 0 Å². The molecule has 0 bridgehead atoms. The number of carbonyl (C=O) groups excluding carboxylic acids is 1. The average Bonchev–Trinajstić information content (AvgIpc) is 2.62. The Hall–Kier alpha value is -1.90. The van der Waals surface area contributed by atoms with Crippen molar-refractivity contribution in [3.05, 3.63) is 41.6 Å². The molecule has 0 N–H and O–H groups in total. The van der Waals surface area contributed by atoms with Crippen LogP contribution in [0.5, 0.6) is 0 Å². The Morgan fingerprint density at radius 1 is 1.18 bits per heavy atom. The molecular weight excluding hydrogens is 214 g/mol. The standard InChI is InChI=1S/C14H15NO2/c1-14(2,3)13-15-11(12(16)17-13)9-10-7-5-4-6-8-10/h4-9H,1-3H3/b11-9+. The molecule has 3 nitrogen and oxygen atoms in total. The summed E-state index contributed by atoms with van der Waals surface area (Å²) in [7, 11) is 0. The SMILES string of the molecule is CC(C)(C)C1=N/C(=C/c2ccccc2)C(=O)O1. The molecule has 0 saturated heterocycles. The normalized spacial score (nSPS) is 18.2. The predicted octanol–water partition coefficient (Wildman–Crippen LogP) is 3.03. The Balaban J connectivity index is 2.32. The highest BCUT2D eigenvalue weighted by molar-refractivity contribution is 6.08. The van der Waals surface area contributed by atoms with Crippen LogP contribution in [0.15, 0.2) is 41.0 Å². The zero-order valence-electron chi connectivity index (χ0n) is 10.2. The van der Waals surface area contributed by atoms with Crippen molar-refractivity contribution in [2.75, 3.05) is 0 Å². The molecule has 0 fully saturated rings. The summed E-state index contributed by atoms with van der Waals surface area (Å²) in [6.45, 7) is 5.89. The molecule has 0 spiro atoms. The van der Waals surface area contributed by atoms with Crippen LogP contribution in [0.25, 0.3) is 6.08 Å². The van der Waals surface area contributed by atoms with Crippen molar-refractivity contribution < 1.29 is 9.53 Å². The van der Waals surface area contributed by atoms with Gasteiger partial charge in [0.25, 0.3) is 0 Å². The molecule has 0 amide bonds. The molecule has 88 valence electrons. The molecule has 0 aliphatic carbocycles. The predicted molar refractivity (Wildman–Crippen MR) is 67.4 cm³/mol. The second kappa shape index (κ2) is 4.17. The zero-order chi connectivity index (χ0) is 12.5. The highest BCUT2D eigenvalue weighted by Crippen LogP contribution is 2.25. The number of carbonyl (C=O) groups is 1. The Labute approximate surface area is 101 Å². The van der Waals surface area contributed by atoms with Crippen LogP contribution in [0.4, 0.5) is 0 Å². The number of cyclic esters (lactones) is 1. The molecule has 1 aliphatic rings. The maximum Gasteiger partial charge on any atom is 0.363 e. The number of aliphatic imine (C=N–C) groups is 1. The maximum absolute atomic E-state index is 11.6. The second-order valence-electron chi connectivity index (χ2n) is 5.00. The number of esters is 1. The van der Waals surface area contributed by atoms with E-state index < -0.39 is 0 Å². The lowest BCUT2D eigenvalue weighted by Gasteiger charge is -2.15. The van der Waals surface area contributed by atoms with Gasteiger partial charge in [-0.15, -0.1) is 0 Å². The lowest BCUT2D eigenvalue weighted by molar-refractivity contribution is -0.130. The molecule has 1 aromatic rings. The molecular formula is C14H15NO2. The van der Waals surface area contributed by atoms with E-state index in [0.717, 1.165) is 5.56 Å². The highest BCUT2D eigenvalue weighted by Gasteiger charge is 2.31. The molecule has 3 heteroatoms. The molecule has 1 aliphatic heterocycles. The number of nitrogens with zero attached hydrogens (tertiary/aromatic N) is 1. The van der Waals surface area contributed by atoms with Gasteiger partial charge in [0.15, 0.2) is 5.70 Å². The van der Waals surface area contributed by atoms with Crippen LogP contribution >= 0.6 is 0 Å². The van der Waals surface area contributed by atoms with Crippen LogP contribution in [-0.2, 0) is 9.53 Å². The minimum atomic E-state index is -0.376. The van der Waals surface area contributed by atoms with Crippen molar-refractivity contribution in [1.29, 1.82) is 0 Å². The largest absolute Gasteiger partial charge is 0.406 e. The van der Waals surface area contributed by atoms with Gasteiger partial charge in [-0.2, -0.15) is 0 Å². The van der Waals surface area contributed by atoms with E-state index in [1.165, 1.54) is 0 Å². The fourth-order valence-corrected chi connectivity index (χ4v) is 1.44. The zero-order valence-corrected chi connectivity index (χ0v) is 10.2. The minimum absolute atomic E-state index is 0.248. The van der Waals surface area contributed by atoms with Crippen LogP contribution in [0.2, 0.25) is 0 Å². The van der Waals surface area contributed by atoms with Gasteiger partial charge in [-0.25, -0.2) is 9.79 Å². The first kappa shape index (κ1) is 11.6. The third-order valence-corrected chi connectivity index (χ3v) is 2.37. The first-order chi connectivity index (χ1) is 7.97. The number of rotatable bonds is 1. The van der Waals surface area contributed by atoms with E-state index in [0.29, 0.717) is 11.6 Å². The molecule has 0 radical (unpaired) electrons. The van der Waals surface area contributed by atoms with Crippen molar-refractivity contribution in [2.45, 2.75) is 20.8 Å². The third-order valence-electron chi connectivity index (χ3n) is 2.37. The summed E-state index contributed by atoms with van der Waals surface area (Å²) < 4.78 is 5.15. The van der Waals surface area contributed by atoms with Gasteiger partial charge < -0.3 is 4.74 Å². The number of benzene rings is 1. The Bertz CT molecular complexity index is 493. The number of hydrogen-bond donors (Lipinski definition) is 0. The fourth-order valence-electron chi connectivity index (χ4n) is 1.44. The summed E-state index contributed by atoms with van der Waals surface area (Å²) in [6, 6.07) is 9.61. The monoisotopic (exact) mass is 229 g/mol. The van der Waals surface area contributed by atoms with E-state index in [-0.39, 0.29) is 11.4 Å². The molecule has 1 heterocycles. The average molecular weight is 229 g/mol. The lowest BCUT2D eigenvalue weighted by Crippen LogP contribution is -2.21. The summed E-state index contributed by atoms with van der Waals surface area (Å²) in [6.07, 6.45) is 1.74. The van der Waals surface area contributed by atoms with E-state index in [9.17, 15) is 4.79 Å². The van der Waals surface area contributed by atoms with Gasteiger partial charge >= 0.3 is 5.97 Å². The highest BCUT2D eigenvalue weighted by atomic mass is 16.6. The van der Waals surface area contributed by atoms with Gasteiger partial charge in [0.1, 0.15) is 0 Å². The maximum atomic E-state index is 11.6. The van der Waals surface area contributed by atoms with Crippen LogP contribution in [-0.4, -0.2) is 11.9 Å². The molecule has 0 unspecified atom stereocenters. The van der Waals surface area contributed by atoms with Gasteiger partial charge in [0.2, 0.25) is 5.90 Å². The molecule has 1 aromatic carbocycles. The van der Waals surface area contributed by atoms with Crippen molar-refractivity contribution in [3.8, 4) is 0 Å². The first-order valence-corrected chi connectivity index (χ1v) is 5.55. The van der Waals surface area contributed by atoms with Crippen molar-refractivity contribution >= 4 is 17.9 Å². The summed E-state index contributed by atoms with van der Waals surface area (Å²) in [5, 5.41) is 0. The summed E-state index contributed by atoms with van der Waals surface area (Å²) in [5.41, 5.74) is 1.06. The van der Waals surface area contributed by atoms with Crippen molar-refractivity contribution in [1.82, 2.24) is 0 Å². The van der Waals surface area contributed by atoms with Crippen LogP contribution in [0.1, 0.15) is 26.3 Å². The lowest BCUT2D eigenvalue weighted by atomic mass is 9.97. The van der Waals surface area contributed by atoms with Gasteiger partial charge in [-0.3, -0.25) is 0 Å². The van der Waals surface area contributed by atoms with E-state index in [1.807, 2.05) is 51.1 Å². The van der Waals surface area contributed by atoms with Crippen molar-refractivity contribution in [3.63, 3.8) is 0 Å². The number of ether oxygens (including phenoxy) is 1. The van der Waals surface area contributed by atoms with E-state index in [4.69, 9.17) is 4.74 Å². The molecule has 17 heavy (non-hydrogen) atoms. The quantitative estimate of drug-likeness (QED) is 0.548. The van der Waals surface area contributed by atoms with Crippen LogP contribution in [0, 0.1) is 5.41 Å². The summed E-state index contributed by atoms with van der Waals surface area (Å²) in [5.74, 6) is 0.100. The van der Waals surface area contributed by atoms with Gasteiger partial charge in [0, 0.05) is 5.41 Å². The van der Waals surface area contributed by atoms with E-state index >= 15 is 0 Å². The third kappa shape index (κ3) is 2.61. The molecule has 0 saturated carbocycles. The topological polar surface area (TPSA) is 38.7 Å². The fraction of sp³-hybridized carbons (Fsp3) is 0.286. The van der Waals surface area contributed by atoms with Gasteiger partial charge in [-0.1, -0.05) is 51.1 Å². The first-order valence-electron chi connectivity index (χ1n) is 5.55. The van der Waals surface area contributed by atoms with E-state index in [1.54, 1.807) is 6.08 Å². The van der Waals surface area contributed by atoms with E-state index in [2.05, 4.69) is 4.99 Å². The number of hydrogen-bond acceptors (Lipinski definition) is 3.